The number of aliphatic carboxylic acids is 1. The summed E-state index contributed by atoms with van der Waals surface area (Å²) in [6.45, 7) is 6.12. The van der Waals surface area contributed by atoms with Gasteiger partial charge in [0.25, 0.3) is 0 Å². The largest absolute Gasteiger partial charge is 0.480 e. The van der Waals surface area contributed by atoms with Gasteiger partial charge in [0, 0.05) is 6.42 Å². The minimum atomic E-state index is -0.937. The molecule has 2 N–H and O–H groups in total. The van der Waals surface area contributed by atoms with Crippen LogP contribution in [-0.2, 0) is 9.59 Å². The Morgan fingerprint density at radius 3 is 2.20 bits per heavy atom. The molecule has 1 rings (SSSR count). The first-order valence-corrected chi connectivity index (χ1v) is 5.42. The standard InChI is InChI=1S/C11H19NO3/c1-7(2)8(3)6-9(13)12-11(4-5-11)10(14)15/h7-8H,4-6H2,1-3H3,(H,12,13)(H,14,15). The molecule has 0 saturated heterocycles. The molecule has 15 heavy (non-hydrogen) atoms. The fourth-order valence-corrected chi connectivity index (χ4v) is 1.36. The molecule has 1 amide bonds. The number of nitrogens with one attached hydrogen (secondary N) is 1. The molecule has 0 aromatic carbocycles. The summed E-state index contributed by atoms with van der Waals surface area (Å²) in [5.41, 5.74) is -0.937. The van der Waals surface area contributed by atoms with Gasteiger partial charge < -0.3 is 10.4 Å². The van der Waals surface area contributed by atoms with Crippen LogP contribution >= 0.6 is 0 Å². The molecule has 1 unspecified atom stereocenters. The summed E-state index contributed by atoms with van der Waals surface area (Å²) in [5, 5.41) is 11.5. The van der Waals surface area contributed by atoms with E-state index >= 15 is 0 Å². The van der Waals surface area contributed by atoms with Crippen LogP contribution < -0.4 is 5.32 Å². The first kappa shape index (κ1) is 12.0. The lowest BCUT2D eigenvalue weighted by atomic mass is 9.94. The Labute approximate surface area is 90.0 Å². The maximum atomic E-state index is 11.5. The van der Waals surface area contributed by atoms with E-state index in [4.69, 9.17) is 5.11 Å². The van der Waals surface area contributed by atoms with Gasteiger partial charge >= 0.3 is 5.97 Å². The lowest BCUT2D eigenvalue weighted by molar-refractivity contribution is -0.143. The number of carbonyl (C=O) groups excluding carboxylic acids is 1. The molecule has 0 aromatic rings. The molecule has 4 nitrogen and oxygen atoms in total. The quantitative estimate of drug-likeness (QED) is 0.725. The van der Waals surface area contributed by atoms with Crippen molar-refractivity contribution in [2.24, 2.45) is 11.8 Å². The number of amides is 1. The van der Waals surface area contributed by atoms with E-state index in [1.54, 1.807) is 0 Å². The Morgan fingerprint density at radius 2 is 1.87 bits per heavy atom. The van der Waals surface area contributed by atoms with Crippen LogP contribution in [-0.4, -0.2) is 22.5 Å². The van der Waals surface area contributed by atoms with Crippen molar-refractivity contribution in [1.29, 1.82) is 0 Å². The lowest BCUT2D eigenvalue weighted by Crippen LogP contribution is -2.43. The number of carbonyl (C=O) groups is 2. The second-order valence-corrected chi connectivity index (χ2v) is 4.86. The second-order valence-electron chi connectivity index (χ2n) is 4.86. The van der Waals surface area contributed by atoms with E-state index in [0.717, 1.165) is 0 Å². The Bertz CT molecular complexity index is 269. The first-order chi connectivity index (χ1) is 6.87. The first-order valence-electron chi connectivity index (χ1n) is 5.42. The summed E-state index contributed by atoms with van der Waals surface area (Å²) in [6.07, 6.45) is 1.53. The van der Waals surface area contributed by atoms with Crippen molar-refractivity contribution < 1.29 is 14.7 Å². The van der Waals surface area contributed by atoms with Gasteiger partial charge in [-0.25, -0.2) is 4.79 Å². The van der Waals surface area contributed by atoms with Crippen molar-refractivity contribution in [3.8, 4) is 0 Å². The van der Waals surface area contributed by atoms with Crippen LogP contribution in [0.5, 0.6) is 0 Å². The van der Waals surface area contributed by atoms with Crippen molar-refractivity contribution in [3.63, 3.8) is 0 Å². The third kappa shape index (κ3) is 2.94. The van der Waals surface area contributed by atoms with Gasteiger partial charge in [-0.1, -0.05) is 20.8 Å². The molecule has 1 aliphatic rings. The molecule has 0 spiro atoms. The minimum absolute atomic E-state index is 0.142. The predicted molar refractivity (Wildman–Crippen MR) is 56.4 cm³/mol. The molecular formula is C11H19NO3. The highest BCUT2D eigenvalue weighted by atomic mass is 16.4. The van der Waals surface area contributed by atoms with Gasteiger partial charge in [-0.05, 0) is 24.7 Å². The number of carboxylic acids is 1. The van der Waals surface area contributed by atoms with Crippen LogP contribution in [0.1, 0.15) is 40.0 Å². The van der Waals surface area contributed by atoms with Crippen molar-refractivity contribution in [2.45, 2.75) is 45.6 Å². The van der Waals surface area contributed by atoms with Crippen LogP contribution in [0.2, 0.25) is 0 Å². The molecule has 1 fully saturated rings. The fourth-order valence-electron chi connectivity index (χ4n) is 1.36. The van der Waals surface area contributed by atoms with Gasteiger partial charge in [0.05, 0.1) is 0 Å². The fraction of sp³-hybridized carbons (Fsp3) is 0.818. The number of hydrogen-bond donors (Lipinski definition) is 2. The van der Waals surface area contributed by atoms with Crippen LogP contribution in [0, 0.1) is 11.8 Å². The van der Waals surface area contributed by atoms with Crippen LogP contribution in [0.15, 0.2) is 0 Å². The van der Waals surface area contributed by atoms with Crippen LogP contribution in [0.4, 0.5) is 0 Å². The highest BCUT2D eigenvalue weighted by Crippen LogP contribution is 2.35. The summed E-state index contributed by atoms with van der Waals surface area (Å²) in [6, 6.07) is 0. The van der Waals surface area contributed by atoms with E-state index in [-0.39, 0.29) is 11.8 Å². The zero-order chi connectivity index (χ0) is 11.6. The van der Waals surface area contributed by atoms with E-state index in [1.165, 1.54) is 0 Å². The SMILES string of the molecule is CC(C)C(C)CC(=O)NC1(C(=O)O)CC1. The predicted octanol–water partition coefficient (Wildman–Crippen LogP) is 1.40. The zero-order valence-electron chi connectivity index (χ0n) is 9.54. The van der Waals surface area contributed by atoms with Crippen molar-refractivity contribution in [3.05, 3.63) is 0 Å². The van der Waals surface area contributed by atoms with E-state index in [2.05, 4.69) is 19.2 Å². The van der Waals surface area contributed by atoms with E-state index < -0.39 is 11.5 Å². The Morgan fingerprint density at radius 1 is 1.33 bits per heavy atom. The molecule has 1 saturated carbocycles. The molecule has 4 heteroatoms. The Balaban J connectivity index is 2.40. The van der Waals surface area contributed by atoms with Gasteiger partial charge in [-0.2, -0.15) is 0 Å². The van der Waals surface area contributed by atoms with E-state index in [9.17, 15) is 9.59 Å². The molecule has 0 heterocycles. The highest BCUT2D eigenvalue weighted by Gasteiger charge is 2.51. The third-order valence-corrected chi connectivity index (χ3v) is 3.18. The van der Waals surface area contributed by atoms with Gasteiger partial charge in [0.2, 0.25) is 5.91 Å². The Hall–Kier alpha value is -1.06. The summed E-state index contributed by atoms with van der Waals surface area (Å²) in [7, 11) is 0. The van der Waals surface area contributed by atoms with Crippen molar-refractivity contribution in [1.82, 2.24) is 5.32 Å². The topological polar surface area (TPSA) is 66.4 Å². The van der Waals surface area contributed by atoms with Gasteiger partial charge in [0.1, 0.15) is 5.54 Å². The normalized spacial score (nSPS) is 19.7. The molecule has 0 aliphatic heterocycles. The van der Waals surface area contributed by atoms with E-state index in [0.29, 0.717) is 25.2 Å². The maximum Gasteiger partial charge on any atom is 0.329 e. The monoisotopic (exact) mass is 213 g/mol. The smallest absolute Gasteiger partial charge is 0.329 e. The summed E-state index contributed by atoms with van der Waals surface area (Å²) < 4.78 is 0. The van der Waals surface area contributed by atoms with Crippen molar-refractivity contribution in [2.75, 3.05) is 0 Å². The zero-order valence-corrected chi connectivity index (χ0v) is 9.54. The van der Waals surface area contributed by atoms with Gasteiger partial charge in [-0.3, -0.25) is 4.79 Å². The molecule has 0 radical (unpaired) electrons. The van der Waals surface area contributed by atoms with E-state index in [1.807, 2.05) is 6.92 Å². The summed E-state index contributed by atoms with van der Waals surface area (Å²) in [4.78, 5) is 22.4. The Kier molecular flexibility index (Phi) is 3.37. The molecule has 86 valence electrons. The molecule has 0 aromatic heterocycles. The molecule has 1 atom stereocenters. The van der Waals surface area contributed by atoms with Gasteiger partial charge in [0.15, 0.2) is 0 Å². The lowest BCUT2D eigenvalue weighted by Gasteiger charge is -2.17. The maximum absolute atomic E-state index is 11.5. The number of hydrogen-bond acceptors (Lipinski definition) is 2. The number of carboxylic acid groups (broad SMARTS) is 1. The molecule has 0 bridgehead atoms. The third-order valence-electron chi connectivity index (χ3n) is 3.18. The average molecular weight is 213 g/mol. The minimum Gasteiger partial charge on any atom is -0.480 e. The summed E-state index contributed by atoms with van der Waals surface area (Å²) >= 11 is 0. The average Bonchev–Trinajstić information content (AvgIpc) is 2.84. The number of rotatable bonds is 5. The van der Waals surface area contributed by atoms with Gasteiger partial charge in [-0.15, -0.1) is 0 Å². The highest BCUT2D eigenvalue weighted by molar-refractivity contribution is 5.89. The van der Waals surface area contributed by atoms with Crippen LogP contribution in [0.25, 0.3) is 0 Å². The summed E-state index contributed by atoms with van der Waals surface area (Å²) in [5.74, 6) is -0.325. The molecular weight excluding hydrogens is 194 g/mol. The second kappa shape index (κ2) is 4.21. The van der Waals surface area contributed by atoms with Crippen LogP contribution in [0.3, 0.4) is 0 Å². The molecule has 1 aliphatic carbocycles. The van der Waals surface area contributed by atoms with Crippen molar-refractivity contribution >= 4 is 11.9 Å².